The molecule has 1 aromatic carbocycles. The average molecular weight is 514 g/mol. The van der Waals surface area contributed by atoms with Crippen molar-refractivity contribution >= 4 is 39.7 Å². The van der Waals surface area contributed by atoms with Crippen LogP contribution in [0.3, 0.4) is 0 Å². The predicted octanol–water partition coefficient (Wildman–Crippen LogP) is 1.13. The number of rotatable bonds is 6. The molecule has 3 fully saturated rings. The van der Waals surface area contributed by atoms with E-state index in [-0.39, 0.29) is 11.8 Å². The molecule has 0 aliphatic carbocycles. The van der Waals surface area contributed by atoms with Crippen molar-refractivity contribution in [1.29, 1.82) is 0 Å². The fourth-order valence-electron chi connectivity index (χ4n) is 4.80. The lowest BCUT2D eigenvalue weighted by molar-refractivity contribution is -0.133. The van der Waals surface area contributed by atoms with Crippen LogP contribution in [-0.2, 0) is 9.53 Å². The van der Waals surface area contributed by atoms with E-state index in [1.54, 1.807) is 0 Å². The van der Waals surface area contributed by atoms with E-state index in [4.69, 9.17) is 4.74 Å². The van der Waals surface area contributed by atoms with Gasteiger partial charge in [-0.05, 0) is 19.2 Å². The smallest absolute Gasteiger partial charge is 0.275 e. The van der Waals surface area contributed by atoms with Gasteiger partial charge in [-0.15, -0.1) is 11.3 Å². The number of piperazine rings is 2. The first-order chi connectivity index (χ1) is 17.6. The molecule has 2 amide bonds. The number of nitrogens with zero attached hydrogens (tertiary/aromatic N) is 6. The van der Waals surface area contributed by atoms with Gasteiger partial charge in [0.05, 0.1) is 31.1 Å². The minimum Gasteiger partial charge on any atom is -0.378 e. The third-order valence-electron chi connectivity index (χ3n) is 7.09. The predicted molar refractivity (Wildman–Crippen MR) is 142 cm³/mol. The molecule has 0 atom stereocenters. The van der Waals surface area contributed by atoms with E-state index in [2.05, 4.69) is 36.9 Å². The van der Waals surface area contributed by atoms with Crippen LogP contribution in [0.25, 0.3) is 0 Å². The largest absolute Gasteiger partial charge is 0.378 e. The lowest BCUT2D eigenvalue weighted by Gasteiger charge is -2.38. The second-order valence-electron chi connectivity index (χ2n) is 9.53. The molecule has 0 bridgehead atoms. The van der Waals surface area contributed by atoms with Crippen LogP contribution in [0.5, 0.6) is 0 Å². The monoisotopic (exact) mass is 513 g/mol. The van der Waals surface area contributed by atoms with Gasteiger partial charge in [0.15, 0.2) is 5.13 Å². The number of morpholine rings is 1. The van der Waals surface area contributed by atoms with E-state index >= 15 is 0 Å². The number of hydrogen-bond donors (Lipinski definition) is 1. The van der Waals surface area contributed by atoms with E-state index < -0.39 is 0 Å². The Balaban J connectivity index is 1.16. The lowest BCUT2D eigenvalue weighted by Crippen LogP contribution is -2.53. The Morgan fingerprint density at radius 1 is 0.944 bits per heavy atom. The highest BCUT2D eigenvalue weighted by Gasteiger charge is 2.26. The van der Waals surface area contributed by atoms with Crippen LogP contribution in [0.15, 0.2) is 29.6 Å². The van der Waals surface area contributed by atoms with Gasteiger partial charge in [-0.1, -0.05) is 12.1 Å². The van der Waals surface area contributed by atoms with Crippen molar-refractivity contribution in [3.05, 3.63) is 35.3 Å². The quantitative estimate of drug-likeness (QED) is 0.616. The first-order valence-electron chi connectivity index (χ1n) is 12.7. The summed E-state index contributed by atoms with van der Waals surface area (Å²) in [4.78, 5) is 41.4. The number of anilines is 3. The molecule has 0 radical (unpaired) electrons. The molecular weight excluding hydrogens is 478 g/mol. The summed E-state index contributed by atoms with van der Waals surface area (Å²) in [5, 5.41) is 5.73. The Hall–Kier alpha value is -2.73. The van der Waals surface area contributed by atoms with E-state index in [1.807, 2.05) is 34.5 Å². The van der Waals surface area contributed by atoms with Gasteiger partial charge < -0.3 is 29.7 Å². The maximum Gasteiger partial charge on any atom is 0.275 e. The van der Waals surface area contributed by atoms with Gasteiger partial charge in [0.2, 0.25) is 5.91 Å². The molecule has 194 valence electrons. The van der Waals surface area contributed by atoms with Crippen LogP contribution >= 0.6 is 11.3 Å². The number of ether oxygens (including phenoxy) is 1. The number of benzene rings is 1. The van der Waals surface area contributed by atoms with Crippen LogP contribution < -0.4 is 15.1 Å². The van der Waals surface area contributed by atoms with Gasteiger partial charge in [-0.25, -0.2) is 4.98 Å². The minimum atomic E-state index is -0.209. The first-order valence-corrected chi connectivity index (χ1v) is 13.6. The zero-order valence-electron chi connectivity index (χ0n) is 20.9. The molecule has 0 unspecified atom stereocenters. The van der Waals surface area contributed by atoms with Crippen LogP contribution in [-0.4, -0.2) is 124 Å². The number of para-hydroxylation sites is 2. The number of nitrogens with one attached hydrogen (secondary N) is 1. The number of aromatic nitrogens is 1. The molecule has 0 saturated carbocycles. The Labute approximate surface area is 216 Å². The highest BCUT2D eigenvalue weighted by molar-refractivity contribution is 7.14. The Bertz CT molecular complexity index is 1040. The molecule has 11 heteroatoms. The van der Waals surface area contributed by atoms with Crippen molar-refractivity contribution in [3.8, 4) is 0 Å². The SMILES string of the molecule is CN1CCN(CC(=O)N2CCN(c3ccccc3NC(=O)c3csc(N4CCOCC4)n3)CC2)CC1. The van der Waals surface area contributed by atoms with Gasteiger partial charge in [0.1, 0.15) is 5.69 Å². The highest BCUT2D eigenvalue weighted by Crippen LogP contribution is 2.28. The van der Waals surface area contributed by atoms with Crippen LogP contribution in [0.1, 0.15) is 10.5 Å². The zero-order valence-corrected chi connectivity index (χ0v) is 21.7. The summed E-state index contributed by atoms with van der Waals surface area (Å²) in [6, 6.07) is 7.86. The molecule has 3 aliphatic rings. The number of carbonyl (C=O) groups is 2. The summed E-state index contributed by atoms with van der Waals surface area (Å²) in [5.41, 5.74) is 2.16. The summed E-state index contributed by atoms with van der Waals surface area (Å²) >= 11 is 1.49. The number of carbonyl (C=O) groups excluding carboxylic acids is 2. The zero-order chi connectivity index (χ0) is 24.9. The van der Waals surface area contributed by atoms with E-state index in [0.29, 0.717) is 38.5 Å². The van der Waals surface area contributed by atoms with Crippen molar-refractivity contribution < 1.29 is 14.3 Å². The maximum absolute atomic E-state index is 13.0. The van der Waals surface area contributed by atoms with Crippen molar-refractivity contribution in [2.45, 2.75) is 0 Å². The lowest BCUT2D eigenvalue weighted by atomic mass is 10.2. The van der Waals surface area contributed by atoms with Crippen molar-refractivity contribution in [1.82, 2.24) is 19.7 Å². The van der Waals surface area contributed by atoms with Crippen LogP contribution in [0.2, 0.25) is 0 Å². The van der Waals surface area contributed by atoms with Gasteiger partial charge in [-0.3, -0.25) is 14.5 Å². The second kappa shape index (κ2) is 11.5. The van der Waals surface area contributed by atoms with Crippen LogP contribution in [0, 0.1) is 0 Å². The summed E-state index contributed by atoms with van der Waals surface area (Å²) in [6.07, 6.45) is 0. The summed E-state index contributed by atoms with van der Waals surface area (Å²) in [6.45, 7) is 10.2. The molecular formula is C25H35N7O3S. The fourth-order valence-corrected chi connectivity index (χ4v) is 5.66. The summed E-state index contributed by atoms with van der Waals surface area (Å²) in [5.74, 6) is -0.000375. The van der Waals surface area contributed by atoms with Gasteiger partial charge in [-0.2, -0.15) is 0 Å². The Kier molecular flexibility index (Phi) is 8.00. The molecule has 0 spiro atoms. The van der Waals surface area contributed by atoms with Gasteiger partial charge in [0.25, 0.3) is 5.91 Å². The highest BCUT2D eigenvalue weighted by atomic mass is 32.1. The van der Waals surface area contributed by atoms with Gasteiger partial charge in [0, 0.05) is 70.8 Å². The third kappa shape index (κ3) is 5.97. The van der Waals surface area contributed by atoms with E-state index in [0.717, 1.165) is 68.9 Å². The van der Waals surface area contributed by atoms with E-state index in [9.17, 15) is 9.59 Å². The molecule has 1 aromatic heterocycles. The minimum absolute atomic E-state index is 0.209. The van der Waals surface area contributed by atoms with E-state index in [1.165, 1.54) is 11.3 Å². The molecule has 1 N–H and O–H groups in total. The maximum atomic E-state index is 13.0. The van der Waals surface area contributed by atoms with Crippen molar-refractivity contribution in [2.24, 2.45) is 0 Å². The molecule has 2 aromatic rings. The fraction of sp³-hybridized carbons (Fsp3) is 0.560. The number of hydrogen-bond acceptors (Lipinski definition) is 9. The summed E-state index contributed by atoms with van der Waals surface area (Å²) in [7, 11) is 2.12. The number of thiazole rings is 1. The van der Waals surface area contributed by atoms with Crippen molar-refractivity contribution in [3.63, 3.8) is 0 Å². The second-order valence-corrected chi connectivity index (χ2v) is 10.4. The number of likely N-dealkylation sites (N-methyl/N-ethyl adjacent to an activating group) is 1. The molecule has 4 heterocycles. The van der Waals surface area contributed by atoms with Crippen molar-refractivity contribution in [2.75, 3.05) is 107 Å². The van der Waals surface area contributed by atoms with Gasteiger partial charge >= 0.3 is 0 Å². The Morgan fingerprint density at radius 2 is 1.67 bits per heavy atom. The molecule has 5 rings (SSSR count). The average Bonchev–Trinajstić information content (AvgIpc) is 3.42. The molecule has 3 saturated heterocycles. The standard InChI is InChI=1S/C25H35N7O3S/c1-28-6-8-29(9-7-28)18-23(33)31-12-10-30(11-13-31)22-5-3-2-4-20(22)26-24(34)21-19-36-25(27-21)32-14-16-35-17-15-32/h2-5,19H,6-18H2,1H3,(H,26,34). The normalized spacial score (nSPS) is 20.0. The molecule has 10 nitrogen and oxygen atoms in total. The molecule has 3 aliphatic heterocycles. The third-order valence-corrected chi connectivity index (χ3v) is 7.99. The molecule has 36 heavy (non-hydrogen) atoms. The summed E-state index contributed by atoms with van der Waals surface area (Å²) < 4.78 is 5.41. The van der Waals surface area contributed by atoms with Crippen LogP contribution in [0.4, 0.5) is 16.5 Å². The Morgan fingerprint density at radius 3 is 2.42 bits per heavy atom. The topological polar surface area (TPSA) is 84.5 Å². The first kappa shape index (κ1) is 24.9. The number of amides is 2.